The molecular formula is C27H53Cl5O19S2. The fraction of sp³-hybridized carbons (Fsp3) is 0.704. The van der Waals surface area contributed by atoms with Gasteiger partial charge in [-0.2, -0.15) is 8.42 Å². The van der Waals surface area contributed by atoms with Gasteiger partial charge in [0, 0.05) is 59.9 Å². The minimum Gasteiger partial charge on any atom is -0.481 e. The van der Waals surface area contributed by atoms with Gasteiger partial charge in [-0.1, -0.05) is 41.5 Å². The summed E-state index contributed by atoms with van der Waals surface area (Å²) in [5, 5.41) is 30.2. The maximum Gasteiger partial charge on any atom is 0.341 e. The van der Waals surface area contributed by atoms with Crippen LogP contribution >= 0.6 is 57.0 Å². The summed E-state index contributed by atoms with van der Waals surface area (Å²) >= 11 is 8.90. The molecule has 0 aromatic rings. The van der Waals surface area contributed by atoms with Crippen molar-refractivity contribution in [3.05, 3.63) is 0 Å². The highest BCUT2D eigenvalue weighted by Gasteiger charge is 2.01. The number of carbonyl (C=O) groups is 8. The number of aliphatic carboxylic acids is 3. The van der Waals surface area contributed by atoms with Gasteiger partial charge in [-0.3, -0.25) is 28.8 Å². The van der Waals surface area contributed by atoms with Crippen LogP contribution in [0.4, 0.5) is 0 Å². The van der Waals surface area contributed by atoms with Crippen molar-refractivity contribution in [2.45, 2.75) is 100 Å². The van der Waals surface area contributed by atoms with Crippen LogP contribution in [0.15, 0.2) is 0 Å². The number of aliphatic hydroxyl groups excluding tert-OH is 1. The van der Waals surface area contributed by atoms with Gasteiger partial charge < -0.3 is 40.1 Å². The number of esters is 3. The molecule has 0 radical (unpaired) electrons. The molecule has 0 atom stereocenters. The van der Waals surface area contributed by atoms with Crippen molar-refractivity contribution in [3.63, 3.8) is 0 Å². The normalized spacial score (nSPS) is 7.58. The number of halogens is 5. The molecule has 0 spiro atoms. The van der Waals surface area contributed by atoms with Crippen LogP contribution in [0.1, 0.15) is 100 Å². The van der Waals surface area contributed by atoms with Gasteiger partial charge in [0.1, 0.15) is 6.61 Å². The number of ether oxygens (including phenoxy) is 3. The Bertz CT molecular complexity index is 886. The van der Waals surface area contributed by atoms with E-state index in [9.17, 15) is 33.6 Å². The first-order valence-corrected chi connectivity index (χ1v) is 18.5. The number of carboxylic acid groups (broad SMARTS) is 3. The molecule has 0 aromatic carbocycles. The molecule has 0 aliphatic carbocycles. The third-order valence-electron chi connectivity index (χ3n) is 2.99. The molecule has 322 valence electrons. The average molecular weight is 923 g/mol. The molecule has 0 unspecified atom stereocenters. The van der Waals surface area contributed by atoms with Crippen LogP contribution in [-0.4, -0.2) is 111 Å². The summed E-state index contributed by atoms with van der Waals surface area (Å²) in [7, 11) is 7.36. The van der Waals surface area contributed by atoms with Crippen molar-refractivity contribution >= 4 is 124 Å². The second-order valence-corrected chi connectivity index (χ2v) is 10.6. The molecule has 0 heterocycles. The Kier molecular flexibility index (Phi) is 112. The minimum atomic E-state index is -1.67. The van der Waals surface area contributed by atoms with Gasteiger partial charge in [0.2, 0.25) is 19.7 Å². The van der Waals surface area contributed by atoms with E-state index in [-0.39, 0.29) is 53.1 Å². The molecule has 53 heavy (non-hydrogen) atoms. The van der Waals surface area contributed by atoms with Crippen LogP contribution in [0.3, 0.4) is 0 Å². The van der Waals surface area contributed by atoms with Crippen molar-refractivity contribution in [1.82, 2.24) is 0 Å². The monoisotopic (exact) mass is 920 g/mol. The first-order valence-electron chi connectivity index (χ1n) is 14.3. The third-order valence-corrected chi connectivity index (χ3v) is 3.53. The van der Waals surface area contributed by atoms with Gasteiger partial charge in [0.05, 0.1) is 13.2 Å². The number of carbonyl (C=O) groups excluding carboxylic acids is 5. The zero-order valence-electron chi connectivity index (χ0n) is 30.5. The molecule has 0 saturated heterocycles. The number of aliphatic hydroxyl groups is 1. The lowest BCUT2D eigenvalue weighted by Gasteiger charge is -1.96. The predicted octanol–water partition coefficient (Wildman–Crippen LogP) is 4.17. The van der Waals surface area contributed by atoms with Crippen molar-refractivity contribution in [2.24, 2.45) is 0 Å². The number of rotatable bonds is 12. The zero-order chi connectivity index (χ0) is 42.8. The van der Waals surface area contributed by atoms with E-state index >= 15 is 0 Å². The summed E-state index contributed by atoms with van der Waals surface area (Å²) in [4.78, 5) is 78.2. The van der Waals surface area contributed by atoms with Crippen LogP contribution in [0.2, 0.25) is 0 Å². The van der Waals surface area contributed by atoms with Crippen LogP contribution < -0.4 is 0 Å². The van der Waals surface area contributed by atoms with E-state index in [0.717, 1.165) is 6.42 Å². The Balaban J connectivity index is -0.0000000421. The molecular weight excluding hydrogens is 870 g/mol. The van der Waals surface area contributed by atoms with E-state index in [0.29, 0.717) is 38.9 Å². The summed E-state index contributed by atoms with van der Waals surface area (Å²) in [6, 6.07) is 0. The molecule has 0 amide bonds. The first-order chi connectivity index (χ1) is 23.5. The largest absolute Gasteiger partial charge is 0.481 e. The summed E-state index contributed by atoms with van der Waals surface area (Å²) < 4.78 is 39.1. The van der Waals surface area contributed by atoms with Crippen molar-refractivity contribution in [3.8, 4) is 0 Å². The van der Waals surface area contributed by atoms with E-state index in [1.54, 1.807) is 41.5 Å². The van der Waals surface area contributed by atoms with Gasteiger partial charge >= 0.3 is 47.4 Å². The lowest BCUT2D eigenvalue weighted by molar-refractivity contribution is -0.154. The summed E-state index contributed by atoms with van der Waals surface area (Å²) in [6.45, 7) is 13.7. The molecule has 0 aliphatic heterocycles. The Labute approximate surface area is 340 Å². The smallest absolute Gasteiger partial charge is 0.341 e. The Morgan fingerprint density at radius 2 is 0.830 bits per heavy atom. The van der Waals surface area contributed by atoms with Crippen molar-refractivity contribution in [1.29, 1.82) is 0 Å². The lowest BCUT2D eigenvalue weighted by atomic mass is 10.3. The maximum absolute atomic E-state index is 10.4. The average Bonchev–Trinajstić information content (AvgIpc) is 3.05. The van der Waals surface area contributed by atoms with Crippen molar-refractivity contribution < 1.29 is 91.1 Å². The van der Waals surface area contributed by atoms with E-state index < -0.39 is 57.9 Å². The fourth-order valence-corrected chi connectivity index (χ4v) is 0.945. The minimum absolute atomic E-state index is 0. The highest BCUT2D eigenvalue weighted by molar-refractivity contribution is 8.26. The van der Waals surface area contributed by atoms with Crippen LogP contribution in [0, 0.1) is 0 Å². The standard InChI is InChI=1S/C6H12O2.C5H8O4.C5H10O2.2C3H5ClO.C3H6O2.C2H4O3.Cl2OS.ClH.O2S.H2O/c1-3-5-6(7)8-4-2;1-2-5(8)9-3-4(6)7;1-3-5(6)7-4-2;3*1-2-3(4)5;3-1-2(4)5;1-4(2)3;;1-3-2;/h3-5H2,1-2H3;2-3H2,1H3,(H,6,7);3-4H2,1-2H3;2*2H2,1H3;2H2,1H3,(H,4,5);3H,1H2,(H,4,5);;1H;;1H2. The molecule has 26 heteroatoms. The van der Waals surface area contributed by atoms with Crippen LogP contribution in [-0.2, 0) is 73.4 Å². The second kappa shape index (κ2) is 74.6. The van der Waals surface area contributed by atoms with E-state index in [1.165, 1.54) is 0 Å². The van der Waals surface area contributed by atoms with Gasteiger partial charge in [0.25, 0.3) is 0 Å². The lowest BCUT2D eigenvalue weighted by Crippen LogP contribution is -2.11. The molecule has 19 nitrogen and oxygen atoms in total. The molecule has 0 fully saturated rings. The van der Waals surface area contributed by atoms with E-state index in [4.69, 9.17) is 61.0 Å². The van der Waals surface area contributed by atoms with Gasteiger partial charge in [-0.25, -0.2) is 13.8 Å². The predicted molar refractivity (Wildman–Crippen MR) is 202 cm³/mol. The number of hydrogen-bond acceptors (Lipinski definition) is 15. The molecule has 0 aromatic heterocycles. The highest BCUT2D eigenvalue weighted by atomic mass is 36.0. The van der Waals surface area contributed by atoms with Gasteiger partial charge in [-0.15, -0.1) is 12.4 Å². The van der Waals surface area contributed by atoms with Gasteiger partial charge in [0.15, 0.2) is 6.61 Å². The Hall–Kier alpha value is -2.50. The molecule has 0 rings (SSSR count). The van der Waals surface area contributed by atoms with Gasteiger partial charge in [-0.05, 0) is 43.5 Å². The molecule has 6 N–H and O–H groups in total. The number of hydrogen-bond donors (Lipinski definition) is 4. The molecule has 0 saturated carbocycles. The fourth-order valence-electron chi connectivity index (χ4n) is 0.945. The van der Waals surface area contributed by atoms with Crippen LogP contribution in [0.25, 0.3) is 0 Å². The quantitative estimate of drug-likeness (QED) is 0.121. The zero-order valence-corrected chi connectivity index (χ0v) is 36.0. The Morgan fingerprint density at radius 3 is 0.962 bits per heavy atom. The Morgan fingerprint density at radius 1 is 0.585 bits per heavy atom. The summed E-state index contributed by atoms with van der Waals surface area (Å²) in [5.74, 6) is -3.76. The van der Waals surface area contributed by atoms with E-state index in [2.05, 4.69) is 35.6 Å². The molecule has 0 bridgehead atoms. The first kappa shape index (κ1) is 79.3. The second-order valence-electron chi connectivity index (χ2n) is 7.09. The maximum atomic E-state index is 10.4. The molecule has 0 aliphatic rings. The summed E-state index contributed by atoms with van der Waals surface area (Å²) in [5.41, 5.74) is 0. The summed E-state index contributed by atoms with van der Waals surface area (Å²) in [6.07, 6.45) is 3.21. The van der Waals surface area contributed by atoms with E-state index in [1.807, 2.05) is 13.8 Å². The number of carboxylic acids is 3. The van der Waals surface area contributed by atoms with Crippen molar-refractivity contribution in [2.75, 3.05) is 26.4 Å². The highest BCUT2D eigenvalue weighted by Crippen LogP contribution is 1.90. The SMILES string of the molecule is CCC(=O)Cl.CCC(=O)Cl.CCC(=O)O.CCC(=O)OCC(=O)O.CCCC(=O)OCC.CCOC(=O)CC.Cl.O.O=C(O)CO.O=S(Cl)Cl.O=S=O. The third kappa shape index (κ3) is 202. The van der Waals surface area contributed by atoms with Crippen LogP contribution in [0.5, 0.6) is 0 Å². The topological polar surface area (TPSA) is 328 Å².